The van der Waals surface area contributed by atoms with Gasteiger partial charge in [-0.15, -0.1) is 10.2 Å². The predicted molar refractivity (Wildman–Crippen MR) is 65.2 cm³/mol. The van der Waals surface area contributed by atoms with Crippen LogP contribution >= 0.6 is 0 Å². The van der Waals surface area contributed by atoms with Crippen molar-refractivity contribution in [2.75, 3.05) is 0 Å². The first-order valence-electron chi connectivity index (χ1n) is 6.38. The molecule has 1 aliphatic rings. The molecule has 3 heteroatoms. The van der Waals surface area contributed by atoms with E-state index in [2.05, 4.69) is 42.5 Å². The smallest absolute Gasteiger partial charge is 0.136 e. The van der Waals surface area contributed by atoms with Crippen molar-refractivity contribution in [1.82, 2.24) is 14.8 Å². The predicted octanol–water partition coefficient (Wildman–Crippen LogP) is 3.23. The first-order valence-corrected chi connectivity index (χ1v) is 6.38. The van der Waals surface area contributed by atoms with Gasteiger partial charge in [0.25, 0.3) is 0 Å². The van der Waals surface area contributed by atoms with E-state index in [1.165, 1.54) is 25.1 Å². The molecule has 1 saturated carbocycles. The van der Waals surface area contributed by atoms with E-state index in [0.717, 1.165) is 6.54 Å². The van der Waals surface area contributed by atoms with Gasteiger partial charge in [0.1, 0.15) is 12.2 Å². The van der Waals surface area contributed by atoms with Crippen LogP contribution in [0.5, 0.6) is 0 Å². The van der Waals surface area contributed by atoms with E-state index < -0.39 is 0 Å². The molecule has 16 heavy (non-hydrogen) atoms. The third-order valence-corrected chi connectivity index (χ3v) is 3.78. The summed E-state index contributed by atoms with van der Waals surface area (Å²) in [5, 5.41) is 8.46. The van der Waals surface area contributed by atoms with E-state index in [0.29, 0.717) is 17.3 Å². The molecule has 2 rings (SSSR count). The monoisotopic (exact) mass is 221 g/mol. The summed E-state index contributed by atoms with van der Waals surface area (Å²) < 4.78 is 2.25. The second-order valence-corrected chi connectivity index (χ2v) is 6.17. The molecule has 0 saturated heterocycles. The summed E-state index contributed by atoms with van der Waals surface area (Å²) in [7, 11) is 0. The van der Waals surface area contributed by atoms with Crippen LogP contribution in [0.15, 0.2) is 6.33 Å². The van der Waals surface area contributed by atoms with Gasteiger partial charge in [-0.25, -0.2) is 0 Å². The van der Waals surface area contributed by atoms with E-state index >= 15 is 0 Å². The highest BCUT2D eigenvalue weighted by molar-refractivity contribution is 5.06. The minimum absolute atomic E-state index is 0.391. The molecule has 0 aromatic carbocycles. The maximum atomic E-state index is 4.36. The molecule has 3 nitrogen and oxygen atoms in total. The van der Waals surface area contributed by atoms with E-state index in [1.54, 1.807) is 0 Å². The molecule has 0 amide bonds. The van der Waals surface area contributed by atoms with Crippen LogP contribution in [0.1, 0.15) is 58.7 Å². The molecule has 0 spiro atoms. The lowest BCUT2D eigenvalue weighted by atomic mass is 9.81. The number of hydrogen-bond donors (Lipinski definition) is 0. The van der Waals surface area contributed by atoms with Crippen molar-refractivity contribution < 1.29 is 0 Å². The van der Waals surface area contributed by atoms with Gasteiger partial charge in [0.2, 0.25) is 0 Å². The Labute approximate surface area is 98.3 Å². The molecule has 0 radical (unpaired) electrons. The maximum absolute atomic E-state index is 4.36. The van der Waals surface area contributed by atoms with Crippen LogP contribution in [0, 0.1) is 11.3 Å². The highest BCUT2D eigenvalue weighted by atomic mass is 15.3. The highest BCUT2D eigenvalue weighted by Crippen LogP contribution is 2.48. The Morgan fingerprint density at radius 3 is 2.81 bits per heavy atom. The van der Waals surface area contributed by atoms with Crippen LogP contribution < -0.4 is 0 Å². The van der Waals surface area contributed by atoms with Crippen molar-refractivity contribution in [1.29, 1.82) is 0 Å². The van der Waals surface area contributed by atoms with Gasteiger partial charge in [-0.1, -0.05) is 34.1 Å². The van der Waals surface area contributed by atoms with Gasteiger partial charge in [0.15, 0.2) is 0 Å². The van der Waals surface area contributed by atoms with Gasteiger partial charge in [-0.05, 0) is 24.2 Å². The van der Waals surface area contributed by atoms with Gasteiger partial charge in [0.05, 0.1) is 0 Å². The summed E-state index contributed by atoms with van der Waals surface area (Å²) in [6.45, 7) is 10.2. The van der Waals surface area contributed by atoms with Crippen LogP contribution in [0.3, 0.4) is 0 Å². The fraction of sp³-hybridized carbons (Fsp3) is 0.846. The topological polar surface area (TPSA) is 30.7 Å². The number of aromatic nitrogens is 3. The van der Waals surface area contributed by atoms with Crippen molar-refractivity contribution in [2.24, 2.45) is 11.3 Å². The summed E-state index contributed by atoms with van der Waals surface area (Å²) in [6, 6.07) is 0. The standard InChI is InChI=1S/C13H23N3/c1-10(2)8-16-9-14-15-12(16)11-6-5-7-13(11,3)4/h9-11H,5-8H2,1-4H3. The second kappa shape index (κ2) is 4.19. The Morgan fingerprint density at radius 1 is 1.50 bits per heavy atom. The molecule has 0 N–H and O–H groups in total. The van der Waals surface area contributed by atoms with Gasteiger partial charge in [-0.2, -0.15) is 0 Å². The number of nitrogens with zero attached hydrogens (tertiary/aromatic N) is 3. The Balaban J connectivity index is 2.23. The summed E-state index contributed by atoms with van der Waals surface area (Å²) >= 11 is 0. The molecule has 1 aromatic heterocycles. The van der Waals surface area contributed by atoms with Crippen molar-refractivity contribution in [3.8, 4) is 0 Å². The first kappa shape index (κ1) is 11.6. The van der Waals surface area contributed by atoms with Gasteiger partial charge in [-0.3, -0.25) is 0 Å². The molecular formula is C13H23N3. The zero-order valence-corrected chi connectivity index (χ0v) is 10.9. The lowest BCUT2D eigenvalue weighted by Gasteiger charge is -2.26. The Kier molecular flexibility index (Phi) is 3.04. The van der Waals surface area contributed by atoms with E-state index in [-0.39, 0.29) is 0 Å². The van der Waals surface area contributed by atoms with Crippen molar-refractivity contribution in [3.05, 3.63) is 12.2 Å². The normalized spacial score (nSPS) is 24.2. The van der Waals surface area contributed by atoms with Crippen LogP contribution in [-0.2, 0) is 6.54 Å². The lowest BCUT2D eigenvalue weighted by Crippen LogP contribution is -2.20. The molecule has 1 aliphatic carbocycles. The van der Waals surface area contributed by atoms with Crippen LogP contribution in [-0.4, -0.2) is 14.8 Å². The lowest BCUT2D eigenvalue weighted by molar-refractivity contribution is 0.311. The molecule has 1 aromatic rings. The first-order chi connectivity index (χ1) is 7.50. The second-order valence-electron chi connectivity index (χ2n) is 6.17. The average Bonchev–Trinajstić information content (AvgIpc) is 2.70. The summed E-state index contributed by atoms with van der Waals surface area (Å²) in [4.78, 5) is 0. The van der Waals surface area contributed by atoms with E-state index in [1.807, 2.05) is 6.33 Å². The summed E-state index contributed by atoms with van der Waals surface area (Å²) in [5.74, 6) is 2.45. The molecule has 0 bridgehead atoms. The van der Waals surface area contributed by atoms with Crippen molar-refractivity contribution in [3.63, 3.8) is 0 Å². The summed E-state index contributed by atoms with van der Waals surface area (Å²) in [5.41, 5.74) is 0.391. The fourth-order valence-electron chi connectivity index (χ4n) is 2.87. The van der Waals surface area contributed by atoms with Crippen LogP contribution in [0.2, 0.25) is 0 Å². The number of hydrogen-bond acceptors (Lipinski definition) is 2. The van der Waals surface area contributed by atoms with Gasteiger partial charge >= 0.3 is 0 Å². The molecule has 1 unspecified atom stereocenters. The molecular weight excluding hydrogens is 198 g/mol. The zero-order chi connectivity index (χ0) is 11.8. The molecule has 0 aliphatic heterocycles. The molecule has 90 valence electrons. The quantitative estimate of drug-likeness (QED) is 0.784. The zero-order valence-electron chi connectivity index (χ0n) is 10.9. The minimum atomic E-state index is 0.391. The fourth-order valence-corrected chi connectivity index (χ4v) is 2.87. The maximum Gasteiger partial charge on any atom is 0.136 e. The SMILES string of the molecule is CC(C)Cn1cnnc1C1CCCC1(C)C. The largest absolute Gasteiger partial charge is 0.317 e. The highest BCUT2D eigenvalue weighted by Gasteiger charge is 2.38. The third kappa shape index (κ3) is 2.13. The van der Waals surface area contributed by atoms with Crippen molar-refractivity contribution in [2.45, 2.75) is 59.4 Å². The molecule has 1 fully saturated rings. The van der Waals surface area contributed by atoms with E-state index in [9.17, 15) is 0 Å². The molecule has 1 heterocycles. The summed E-state index contributed by atoms with van der Waals surface area (Å²) in [6.07, 6.45) is 5.80. The minimum Gasteiger partial charge on any atom is -0.317 e. The average molecular weight is 221 g/mol. The van der Waals surface area contributed by atoms with Crippen LogP contribution in [0.4, 0.5) is 0 Å². The van der Waals surface area contributed by atoms with Crippen molar-refractivity contribution >= 4 is 0 Å². The number of rotatable bonds is 3. The van der Waals surface area contributed by atoms with Gasteiger partial charge in [0, 0.05) is 12.5 Å². The Bertz CT molecular complexity index is 352. The van der Waals surface area contributed by atoms with Crippen LogP contribution in [0.25, 0.3) is 0 Å². The Hall–Kier alpha value is -0.860. The van der Waals surface area contributed by atoms with E-state index in [4.69, 9.17) is 0 Å². The molecule has 1 atom stereocenters. The van der Waals surface area contributed by atoms with Gasteiger partial charge < -0.3 is 4.57 Å². The third-order valence-electron chi connectivity index (χ3n) is 3.78. The Morgan fingerprint density at radius 2 is 2.25 bits per heavy atom.